The SMILES string of the molecule is CCS[C@@H]1[C@@H](C)COC12CCCCC2. The molecule has 1 aliphatic heterocycles. The van der Waals surface area contributed by atoms with E-state index in [2.05, 4.69) is 25.6 Å². The summed E-state index contributed by atoms with van der Waals surface area (Å²) in [6, 6.07) is 0. The van der Waals surface area contributed by atoms with E-state index in [0.29, 0.717) is 0 Å². The van der Waals surface area contributed by atoms with Gasteiger partial charge in [-0.1, -0.05) is 33.1 Å². The molecule has 1 spiro atoms. The minimum absolute atomic E-state index is 0.276. The molecule has 0 amide bonds. The van der Waals surface area contributed by atoms with Crippen molar-refractivity contribution in [2.24, 2.45) is 5.92 Å². The smallest absolute Gasteiger partial charge is 0.0804 e. The summed E-state index contributed by atoms with van der Waals surface area (Å²) in [6.07, 6.45) is 6.81. The third-order valence-corrected chi connectivity index (χ3v) is 5.30. The zero-order valence-electron chi connectivity index (χ0n) is 9.42. The predicted molar refractivity (Wildman–Crippen MR) is 62.9 cm³/mol. The Labute approximate surface area is 92.0 Å². The summed E-state index contributed by atoms with van der Waals surface area (Å²) in [7, 11) is 0. The molecular weight excluding hydrogens is 192 g/mol. The Morgan fingerprint density at radius 3 is 2.64 bits per heavy atom. The molecule has 2 aliphatic rings. The van der Waals surface area contributed by atoms with Crippen molar-refractivity contribution in [1.29, 1.82) is 0 Å². The van der Waals surface area contributed by atoms with E-state index in [1.807, 2.05) is 0 Å². The van der Waals surface area contributed by atoms with Crippen molar-refractivity contribution in [3.63, 3.8) is 0 Å². The van der Waals surface area contributed by atoms with Gasteiger partial charge in [0, 0.05) is 5.25 Å². The lowest BCUT2D eigenvalue weighted by atomic mass is 9.80. The topological polar surface area (TPSA) is 9.23 Å². The van der Waals surface area contributed by atoms with Crippen LogP contribution in [0.4, 0.5) is 0 Å². The fraction of sp³-hybridized carbons (Fsp3) is 1.00. The van der Waals surface area contributed by atoms with Crippen LogP contribution < -0.4 is 0 Å². The van der Waals surface area contributed by atoms with Gasteiger partial charge in [0.2, 0.25) is 0 Å². The van der Waals surface area contributed by atoms with Gasteiger partial charge >= 0.3 is 0 Å². The van der Waals surface area contributed by atoms with Crippen LogP contribution in [0.25, 0.3) is 0 Å². The standard InChI is InChI=1S/C12H22OS/c1-3-14-11-10(2)9-13-12(11)7-5-4-6-8-12/h10-11H,3-9H2,1-2H3/t10-,11+/m0/s1. The van der Waals surface area contributed by atoms with E-state index in [9.17, 15) is 0 Å². The second kappa shape index (κ2) is 4.44. The highest BCUT2D eigenvalue weighted by molar-refractivity contribution is 8.00. The molecule has 0 aromatic rings. The lowest BCUT2D eigenvalue weighted by Crippen LogP contribution is -2.41. The fourth-order valence-corrected chi connectivity index (χ4v) is 4.43. The van der Waals surface area contributed by atoms with Crippen LogP contribution in [0.15, 0.2) is 0 Å². The molecule has 14 heavy (non-hydrogen) atoms. The molecular formula is C12H22OS. The maximum absolute atomic E-state index is 6.14. The second-order valence-electron chi connectivity index (χ2n) is 4.79. The van der Waals surface area contributed by atoms with Crippen molar-refractivity contribution in [2.45, 2.75) is 56.8 Å². The minimum Gasteiger partial charge on any atom is -0.374 e. The Hall–Kier alpha value is 0.310. The van der Waals surface area contributed by atoms with Gasteiger partial charge in [0.15, 0.2) is 0 Å². The average molecular weight is 214 g/mol. The summed E-state index contributed by atoms with van der Waals surface area (Å²) in [5.74, 6) is 2.00. The first kappa shape index (κ1) is 10.8. The van der Waals surface area contributed by atoms with E-state index in [0.717, 1.165) is 17.8 Å². The molecule has 2 fully saturated rings. The lowest BCUT2D eigenvalue weighted by Gasteiger charge is -2.38. The highest BCUT2D eigenvalue weighted by Crippen LogP contribution is 2.47. The van der Waals surface area contributed by atoms with Crippen LogP contribution in [-0.2, 0) is 4.74 Å². The molecule has 82 valence electrons. The quantitative estimate of drug-likeness (QED) is 0.696. The third kappa shape index (κ3) is 1.83. The molecule has 1 nitrogen and oxygen atoms in total. The van der Waals surface area contributed by atoms with Gasteiger partial charge in [-0.3, -0.25) is 0 Å². The van der Waals surface area contributed by atoms with Crippen molar-refractivity contribution < 1.29 is 4.74 Å². The Bertz CT molecular complexity index is 181. The van der Waals surface area contributed by atoms with Crippen molar-refractivity contribution >= 4 is 11.8 Å². The average Bonchev–Trinajstić information content (AvgIpc) is 2.49. The zero-order valence-corrected chi connectivity index (χ0v) is 10.2. The first-order valence-electron chi connectivity index (χ1n) is 6.04. The van der Waals surface area contributed by atoms with Crippen LogP contribution in [0.3, 0.4) is 0 Å². The van der Waals surface area contributed by atoms with Gasteiger partial charge in [-0.15, -0.1) is 0 Å². The molecule has 0 aromatic heterocycles. The molecule has 0 bridgehead atoms. The Morgan fingerprint density at radius 1 is 1.29 bits per heavy atom. The Kier molecular flexibility index (Phi) is 3.43. The van der Waals surface area contributed by atoms with Crippen molar-refractivity contribution in [3.05, 3.63) is 0 Å². The van der Waals surface area contributed by atoms with E-state index in [-0.39, 0.29) is 5.60 Å². The van der Waals surface area contributed by atoms with Gasteiger partial charge in [0.1, 0.15) is 0 Å². The van der Waals surface area contributed by atoms with Gasteiger partial charge in [-0.05, 0) is 24.5 Å². The van der Waals surface area contributed by atoms with Crippen LogP contribution in [0, 0.1) is 5.92 Å². The van der Waals surface area contributed by atoms with E-state index in [1.165, 1.54) is 37.9 Å². The molecule has 1 aliphatic carbocycles. The molecule has 2 heteroatoms. The largest absolute Gasteiger partial charge is 0.374 e. The second-order valence-corrected chi connectivity index (χ2v) is 6.21. The van der Waals surface area contributed by atoms with Crippen LogP contribution in [0.5, 0.6) is 0 Å². The number of ether oxygens (including phenoxy) is 1. The van der Waals surface area contributed by atoms with E-state index >= 15 is 0 Å². The lowest BCUT2D eigenvalue weighted by molar-refractivity contribution is -0.0219. The highest BCUT2D eigenvalue weighted by atomic mass is 32.2. The maximum atomic E-state index is 6.14. The molecule has 1 saturated heterocycles. The third-order valence-electron chi connectivity index (χ3n) is 3.72. The summed E-state index contributed by atoms with van der Waals surface area (Å²) < 4.78 is 6.14. The zero-order chi connectivity index (χ0) is 10.0. The molecule has 2 atom stereocenters. The van der Waals surface area contributed by atoms with Gasteiger partial charge in [-0.2, -0.15) is 11.8 Å². The van der Waals surface area contributed by atoms with E-state index in [1.54, 1.807) is 0 Å². The fourth-order valence-electron chi connectivity index (χ4n) is 3.06. The normalized spacial score (nSPS) is 36.4. The molecule has 1 heterocycles. The summed E-state index contributed by atoms with van der Waals surface area (Å²) >= 11 is 2.13. The summed E-state index contributed by atoms with van der Waals surface area (Å²) in [5.41, 5.74) is 0.276. The first-order valence-corrected chi connectivity index (χ1v) is 7.09. The maximum Gasteiger partial charge on any atom is 0.0804 e. The van der Waals surface area contributed by atoms with Gasteiger partial charge < -0.3 is 4.74 Å². The molecule has 0 N–H and O–H groups in total. The first-order chi connectivity index (χ1) is 6.78. The number of thioether (sulfide) groups is 1. The monoisotopic (exact) mass is 214 g/mol. The minimum atomic E-state index is 0.276. The van der Waals surface area contributed by atoms with Crippen LogP contribution in [0.2, 0.25) is 0 Å². The van der Waals surface area contributed by atoms with Gasteiger partial charge in [-0.25, -0.2) is 0 Å². The molecule has 0 aromatic carbocycles. The van der Waals surface area contributed by atoms with Crippen molar-refractivity contribution in [1.82, 2.24) is 0 Å². The Morgan fingerprint density at radius 2 is 2.00 bits per heavy atom. The van der Waals surface area contributed by atoms with E-state index in [4.69, 9.17) is 4.74 Å². The van der Waals surface area contributed by atoms with Crippen molar-refractivity contribution in [2.75, 3.05) is 12.4 Å². The van der Waals surface area contributed by atoms with Crippen LogP contribution in [-0.4, -0.2) is 23.2 Å². The summed E-state index contributed by atoms with van der Waals surface area (Å²) in [4.78, 5) is 0. The van der Waals surface area contributed by atoms with Crippen molar-refractivity contribution in [3.8, 4) is 0 Å². The molecule has 1 saturated carbocycles. The predicted octanol–water partition coefficient (Wildman–Crippen LogP) is 3.48. The summed E-state index contributed by atoms with van der Waals surface area (Å²) in [5, 5.41) is 0.771. The van der Waals surface area contributed by atoms with Gasteiger partial charge in [0.05, 0.1) is 12.2 Å². The van der Waals surface area contributed by atoms with E-state index < -0.39 is 0 Å². The van der Waals surface area contributed by atoms with Crippen LogP contribution >= 0.6 is 11.8 Å². The van der Waals surface area contributed by atoms with Gasteiger partial charge in [0.25, 0.3) is 0 Å². The molecule has 0 radical (unpaired) electrons. The summed E-state index contributed by atoms with van der Waals surface area (Å²) in [6.45, 7) is 5.63. The number of hydrogen-bond acceptors (Lipinski definition) is 2. The highest BCUT2D eigenvalue weighted by Gasteiger charge is 2.48. The molecule has 2 rings (SSSR count). The number of rotatable bonds is 2. The number of hydrogen-bond donors (Lipinski definition) is 0. The van der Waals surface area contributed by atoms with Crippen LogP contribution in [0.1, 0.15) is 46.0 Å². The Balaban J connectivity index is 2.07. The molecule has 0 unspecified atom stereocenters.